The Morgan fingerprint density at radius 3 is 2.64 bits per heavy atom. The summed E-state index contributed by atoms with van der Waals surface area (Å²) in [5.41, 5.74) is 0. The van der Waals surface area contributed by atoms with Crippen LogP contribution in [0.2, 0.25) is 0 Å². The van der Waals surface area contributed by atoms with E-state index in [2.05, 4.69) is 0 Å². The lowest BCUT2D eigenvalue weighted by Crippen LogP contribution is -2.46. The Balaban J connectivity index is 1.66. The number of hydrogen-bond acceptors (Lipinski definition) is 6. The highest BCUT2D eigenvalue weighted by atomic mass is 32.2. The smallest absolute Gasteiger partial charge is 0.330 e. The molecule has 25 heavy (non-hydrogen) atoms. The predicted molar refractivity (Wildman–Crippen MR) is 91.6 cm³/mol. The van der Waals surface area contributed by atoms with E-state index in [9.17, 15) is 14.4 Å². The highest BCUT2D eigenvalue weighted by Gasteiger charge is 2.44. The number of carbonyl (C=O) groups is 3. The molecule has 0 unspecified atom stereocenters. The summed E-state index contributed by atoms with van der Waals surface area (Å²) in [6.07, 6.45) is 2.66. The molecule has 0 saturated carbocycles. The van der Waals surface area contributed by atoms with Gasteiger partial charge in [0.1, 0.15) is 17.2 Å². The molecular weight excluding hydrogens is 344 g/mol. The van der Waals surface area contributed by atoms with Gasteiger partial charge in [0.25, 0.3) is 5.91 Å². The zero-order valence-corrected chi connectivity index (χ0v) is 15.2. The molecule has 1 aromatic rings. The van der Waals surface area contributed by atoms with E-state index in [-0.39, 0.29) is 17.2 Å². The van der Waals surface area contributed by atoms with E-state index in [1.165, 1.54) is 29.8 Å². The molecule has 3 heterocycles. The summed E-state index contributed by atoms with van der Waals surface area (Å²) in [6, 6.07) is 2.81. The molecule has 2 amide bonds. The van der Waals surface area contributed by atoms with Gasteiger partial charge in [-0.15, -0.1) is 11.8 Å². The molecular formula is C17H22N2O5S. The van der Waals surface area contributed by atoms with Crippen LogP contribution in [0.3, 0.4) is 0 Å². The van der Waals surface area contributed by atoms with Crippen LogP contribution < -0.4 is 0 Å². The Labute approximate surface area is 150 Å². The number of esters is 1. The maximum Gasteiger partial charge on any atom is 0.330 e. The van der Waals surface area contributed by atoms with E-state index in [1.807, 2.05) is 0 Å². The van der Waals surface area contributed by atoms with Crippen molar-refractivity contribution >= 4 is 29.5 Å². The van der Waals surface area contributed by atoms with Gasteiger partial charge in [-0.3, -0.25) is 9.59 Å². The van der Waals surface area contributed by atoms with Crippen LogP contribution in [0.1, 0.15) is 37.8 Å². The molecule has 0 spiro atoms. The van der Waals surface area contributed by atoms with E-state index >= 15 is 0 Å². The van der Waals surface area contributed by atoms with Crippen LogP contribution in [0.4, 0.5) is 0 Å². The van der Waals surface area contributed by atoms with E-state index in [0.717, 1.165) is 12.8 Å². The van der Waals surface area contributed by atoms with E-state index < -0.39 is 18.1 Å². The second-order valence-electron chi connectivity index (χ2n) is 6.25. The zero-order valence-electron chi connectivity index (χ0n) is 14.3. The molecule has 3 atom stereocenters. The molecule has 3 rings (SSSR count). The summed E-state index contributed by atoms with van der Waals surface area (Å²) in [6.45, 7) is 4.42. The highest BCUT2D eigenvalue weighted by Crippen LogP contribution is 2.41. The number of carbonyl (C=O) groups excluding carboxylic acids is 3. The van der Waals surface area contributed by atoms with Crippen molar-refractivity contribution in [1.82, 2.24) is 9.80 Å². The fraction of sp³-hybridized carbons (Fsp3) is 0.588. The minimum Gasteiger partial charge on any atom is -0.466 e. The molecule has 2 fully saturated rings. The average Bonchev–Trinajstić information content (AvgIpc) is 3.33. The first kappa shape index (κ1) is 17.8. The van der Waals surface area contributed by atoms with E-state index in [1.54, 1.807) is 24.0 Å². The molecule has 8 heteroatoms. The third-order valence-corrected chi connectivity index (χ3v) is 5.76. The fourth-order valence-corrected chi connectivity index (χ4v) is 4.64. The average molecular weight is 366 g/mol. The van der Waals surface area contributed by atoms with Crippen LogP contribution in [0.15, 0.2) is 22.8 Å². The van der Waals surface area contributed by atoms with Gasteiger partial charge in [0.2, 0.25) is 5.91 Å². The number of likely N-dealkylation sites (tertiary alicyclic amines) is 1. The fourth-order valence-electron chi connectivity index (χ4n) is 3.22. The first-order valence-electron chi connectivity index (χ1n) is 8.42. The van der Waals surface area contributed by atoms with Crippen molar-refractivity contribution in [2.45, 2.75) is 44.2 Å². The Bertz CT molecular complexity index is 641. The molecule has 7 nitrogen and oxygen atoms in total. The van der Waals surface area contributed by atoms with Crippen LogP contribution in [-0.4, -0.2) is 58.6 Å². The van der Waals surface area contributed by atoms with Crippen LogP contribution in [0.25, 0.3) is 0 Å². The molecule has 1 aromatic heterocycles. The topological polar surface area (TPSA) is 80.1 Å². The van der Waals surface area contributed by atoms with Gasteiger partial charge in [0.15, 0.2) is 6.10 Å². The monoisotopic (exact) mass is 366 g/mol. The quantitative estimate of drug-likeness (QED) is 0.756. The molecule has 0 radical (unpaired) electrons. The van der Waals surface area contributed by atoms with Gasteiger partial charge in [-0.2, -0.15) is 0 Å². The van der Waals surface area contributed by atoms with Crippen molar-refractivity contribution in [3.8, 4) is 0 Å². The molecule has 2 aliphatic rings. The first-order valence-corrected chi connectivity index (χ1v) is 9.47. The normalized spacial score (nSPS) is 24.4. The maximum absolute atomic E-state index is 12.6. The number of hydrogen-bond donors (Lipinski definition) is 0. The predicted octanol–water partition coefficient (Wildman–Crippen LogP) is 1.80. The third-order valence-electron chi connectivity index (χ3n) is 4.48. The lowest BCUT2D eigenvalue weighted by Gasteiger charge is -2.27. The van der Waals surface area contributed by atoms with Gasteiger partial charge >= 0.3 is 5.97 Å². The number of nitrogens with zero attached hydrogens (tertiary/aromatic N) is 2. The Morgan fingerprint density at radius 2 is 2.04 bits per heavy atom. The van der Waals surface area contributed by atoms with Crippen molar-refractivity contribution in [1.29, 1.82) is 0 Å². The van der Waals surface area contributed by atoms with Gasteiger partial charge in [-0.1, -0.05) is 0 Å². The van der Waals surface area contributed by atoms with E-state index in [0.29, 0.717) is 24.6 Å². The summed E-state index contributed by atoms with van der Waals surface area (Å²) in [7, 11) is 0. The number of thioether (sulfide) groups is 1. The summed E-state index contributed by atoms with van der Waals surface area (Å²) in [5, 5.41) is -0.352. The van der Waals surface area contributed by atoms with Crippen LogP contribution >= 0.6 is 11.8 Å². The van der Waals surface area contributed by atoms with Crippen molar-refractivity contribution in [3.63, 3.8) is 0 Å². The van der Waals surface area contributed by atoms with Crippen molar-refractivity contribution in [3.05, 3.63) is 24.2 Å². The number of ether oxygens (including phenoxy) is 1. The van der Waals surface area contributed by atoms with E-state index in [4.69, 9.17) is 9.15 Å². The van der Waals surface area contributed by atoms with Gasteiger partial charge in [0, 0.05) is 25.8 Å². The van der Waals surface area contributed by atoms with Crippen molar-refractivity contribution < 1.29 is 23.5 Å². The summed E-state index contributed by atoms with van der Waals surface area (Å²) < 4.78 is 10.8. The molecule has 136 valence electrons. The molecule has 2 saturated heterocycles. The van der Waals surface area contributed by atoms with Crippen molar-refractivity contribution in [2.75, 3.05) is 18.8 Å². The standard InChI is InChI=1S/C17H22N2O5S/c1-11(15(21)18-7-3-4-8-18)24-17(22)13-10-25-16(19(13)12(2)20)14-6-5-9-23-14/h5-6,9,11,13,16H,3-4,7-8,10H2,1-2H3/t11-,13+,16-/m1/s1. The maximum atomic E-state index is 12.6. The lowest BCUT2D eigenvalue weighted by molar-refractivity contribution is -0.164. The number of furan rings is 1. The largest absolute Gasteiger partial charge is 0.466 e. The molecule has 0 aliphatic carbocycles. The molecule has 0 bridgehead atoms. The third kappa shape index (κ3) is 3.68. The minimum absolute atomic E-state index is 0.173. The minimum atomic E-state index is -0.841. The lowest BCUT2D eigenvalue weighted by atomic mass is 10.2. The molecule has 0 N–H and O–H groups in total. The van der Waals surface area contributed by atoms with Gasteiger partial charge in [-0.25, -0.2) is 4.79 Å². The highest BCUT2D eigenvalue weighted by molar-refractivity contribution is 7.99. The van der Waals surface area contributed by atoms with Crippen LogP contribution in [-0.2, 0) is 19.1 Å². The van der Waals surface area contributed by atoms with Crippen molar-refractivity contribution in [2.24, 2.45) is 0 Å². The Morgan fingerprint density at radius 1 is 1.32 bits per heavy atom. The second kappa shape index (κ2) is 7.51. The number of amides is 2. The second-order valence-corrected chi connectivity index (χ2v) is 7.37. The summed E-state index contributed by atoms with van der Waals surface area (Å²) >= 11 is 1.45. The van der Waals surface area contributed by atoms with Crippen LogP contribution in [0.5, 0.6) is 0 Å². The van der Waals surface area contributed by atoms with Gasteiger partial charge < -0.3 is 19.0 Å². The van der Waals surface area contributed by atoms with Gasteiger partial charge in [0.05, 0.1) is 6.26 Å². The Hall–Kier alpha value is -1.96. The first-order chi connectivity index (χ1) is 12.0. The molecule has 2 aliphatic heterocycles. The molecule has 0 aromatic carbocycles. The summed E-state index contributed by atoms with van der Waals surface area (Å²) in [4.78, 5) is 40.2. The SMILES string of the molecule is CC(=O)N1[C@@H](c2ccco2)SC[C@H]1C(=O)O[C@H](C)C(=O)N1CCCC1. The van der Waals surface area contributed by atoms with Gasteiger partial charge in [-0.05, 0) is 31.9 Å². The van der Waals surface area contributed by atoms with Crippen LogP contribution in [0, 0.1) is 0 Å². The zero-order chi connectivity index (χ0) is 18.0. The number of rotatable bonds is 4. The summed E-state index contributed by atoms with van der Waals surface area (Å²) in [5.74, 6) is 0.0860. The Kier molecular flexibility index (Phi) is 5.36.